The van der Waals surface area contributed by atoms with Crippen LogP contribution in [0.25, 0.3) is 11.0 Å². The molecule has 0 amide bonds. The van der Waals surface area contributed by atoms with Gasteiger partial charge in [0.15, 0.2) is 6.10 Å². The summed E-state index contributed by atoms with van der Waals surface area (Å²) in [5.74, 6) is -0.772. The minimum absolute atomic E-state index is 0.0293. The lowest BCUT2D eigenvalue weighted by Gasteiger charge is -2.00. The number of epoxide rings is 1. The second kappa shape index (κ2) is 5.14. The number of hydrogen-bond acceptors (Lipinski definition) is 4. The summed E-state index contributed by atoms with van der Waals surface area (Å²) >= 11 is 0. The van der Waals surface area contributed by atoms with Crippen LogP contribution in [0.5, 0.6) is 0 Å². The molecule has 0 unspecified atom stereocenters. The molecule has 0 N–H and O–H groups in total. The summed E-state index contributed by atoms with van der Waals surface area (Å²) < 4.78 is 23.5. The largest absolute Gasteiger partial charge is 0.422 e. The monoisotopic (exact) mass is 310 g/mol. The Labute approximate surface area is 130 Å². The minimum Gasteiger partial charge on any atom is -0.422 e. The molecule has 23 heavy (non-hydrogen) atoms. The molecule has 2 aromatic carbocycles. The molecule has 2 atom stereocenters. The summed E-state index contributed by atoms with van der Waals surface area (Å²) in [6, 6.07) is 14.2. The average Bonchev–Trinajstić information content (AvgIpc) is 3.35. The number of rotatable bonds is 3. The van der Waals surface area contributed by atoms with Gasteiger partial charge < -0.3 is 9.15 Å². The lowest BCUT2D eigenvalue weighted by atomic mass is 10.0. The Hall–Kier alpha value is -2.79. The molecule has 3 aromatic rings. The van der Waals surface area contributed by atoms with E-state index >= 15 is 0 Å². The van der Waals surface area contributed by atoms with Crippen LogP contribution in [0.4, 0.5) is 4.39 Å². The minimum atomic E-state index is -0.732. The lowest BCUT2D eigenvalue weighted by molar-refractivity contribution is 0.0950. The second-order valence-electron chi connectivity index (χ2n) is 5.38. The highest BCUT2D eigenvalue weighted by Crippen LogP contribution is 2.40. The SMILES string of the molecule is O=C(c1cc2ccccc2oc1=O)[C@H]1O[C@@H]1c1ccc(F)cc1. The van der Waals surface area contributed by atoms with Crippen molar-refractivity contribution >= 4 is 16.8 Å². The first-order chi connectivity index (χ1) is 11.1. The molecular formula is C18H11FO4. The molecule has 0 radical (unpaired) electrons. The average molecular weight is 310 g/mol. The Kier molecular flexibility index (Phi) is 3.09. The number of benzene rings is 2. The second-order valence-corrected chi connectivity index (χ2v) is 5.38. The molecule has 5 heteroatoms. The number of carbonyl (C=O) groups is 1. The maximum absolute atomic E-state index is 12.9. The van der Waals surface area contributed by atoms with E-state index in [-0.39, 0.29) is 11.4 Å². The molecule has 0 spiro atoms. The van der Waals surface area contributed by atoms with Gasteiger partial charge in [-0.3, -0.25) is 4.79 Å². The quantitative estimate of drug-likeness (QED) is 0.423. The van der Waals surface area contributed by atoms with Crippen LogP contribution < -0.4 is 5.63 Å². The van der Waals surface area contributed by atoms with Gasteiger partial charge in [-0.15, -0.1) is 0 Å². The van der Waals surface area contributed by atoms with Gasteiger partial charge in [0.25, 0.3) is 0 Å². The molecular weight excluding hydrogens is 299 g/mol. The van der Waals surface area contributed by atoms with E-state index in [0.717, 1.165) is 0 Å². The molecule has 4 rings (SSSR count). The van der Waals surface area contributed by atoms with Crippen molar-refractivity contribution in [2.24, 2.45) is 0 Å². The van der Waals surface area contributed by atoms with Gasteiger partial charge in [0.2, 0.25) is 5.78 Å². The molecule has 114 valence electrons. The predicted molar refractivity (Wildman–Crippen MR) is 80.8 cm³/mol. The third-order valence-electron chi connectivity index (χ3n) is 3.86. The topological polar surface area (TPSA) is 59.8 Å². The zero-order chi connectivity index (χ0) is 16.0. The maximum atomic E-state index is 12.9. The highest BCUT2D eigenvalue weighted by atomic mass is 19.1. The summed E-state index contributed by atoms with van der Waals surface area (Å²) in [6.45, 7) is 0. The third-order valence-corrected chi connectivity index (χ3v) is 3.86. The molecule has 1 aliphatic heterocycles. The van der Waals surface area contributed by atoms with Crippen molar-refractivity contribution in [2.75, 3.05) is 0 Å². The molecule has 2 heterocycles. The number of halogens is 1. The van der Waals surface area contributed by atoms with Crippen LogP contribution in [0, 0.1) is 5.82 Å². The number of ether oxygens (including phenoxy) is 1. The summed E-state index contributed by atoms with van der Waals surface area (Å²) in [5.41, 5.74) is 0.427. The Balaban J connectivity index is 1.64. The van der Waals surface area contributed by atoms with E-state index in [1.165, 1.54) is 18.2 Å². The van der Waals surface area contributed by atoms with Gasteiger partial charge in [-0.25, -0.2) is 9.18 Å². The Morgan fingerprint density at radius 1 is 1.04 bits per heavy atom. The normalized spacial score (nSPS) is 19.7. The van der Waals surface area contributed by atoms with E-state index in [1.807, 2.05) is 0 Å². The van der Waals surface area contributed by atoms with Gasteiger partial charge in [-0.2, -0.15) is 0 Å². The van der Waals surface area contributed by atoms with Gasteiger partial charge in [0, 0.05) is 5.39 Å². The van der Waals surface area contributed by atoms with Crippen LogP contribution in [0.2, 0.25) is 0 Å². The molecule has 1 saturated heterocycles. The summed E-state index contributed by atoms with van der Waals surface area (Å²) in [5, 5.41) is 0.675. The number of carbonyl (C=O) groups excluding carboxylic acids is 1. The van der Waals surface area contributed by atoms with Crippen molar-refractivity contribution in [1.82, 2.24) is 0 Å². The zero-order valence-electron chi connectivity index (χ0n) is 11.9. The van der Waals surface area contributed by atoms with Crippen LogP contribution in [-0.2, 0) is 4.74 Å². The van der Waals surface area contributed by atoms with Crippen LogP contribution >= 0.6 is 0 Å². The van der Waals surface area contributed by atoms with Gasteiger partial charge in [-0.1, -0.05) is 30.3 Å². The fraction of sp³-hybridized carbons (Fsp3) is 0.111. The van der Waals surface area contributed by atoms with Crippen molar-refractivity contribution in [3.8, 4) is 0 Å². The number of hydrogen-bond donors (Lipinski definition) is 0. The Morgan fingerprint density at radius 2 is 1.78 bits per heavy atom. The van der Waals surface area contributed by atoms with Gasteiger partial charge >= 0.3 is 5.63 Å². The highest BCUT2D eigenvalue weighted by molar-refractivity contribution is 6.02. The molecule has 1 fully saturated rings. The van der Waals surface area contributed by atoms with E-state index in [1.54, 1.807) is 36.4 Å². The number of ketones is 1. The maximum Gasteiger partial charge on any atom is 0.347 e. The van der Waals surface area contributed by atoms with Crippen molar-refractivity contribution in [3.63, 3.8) is 0 Å². The first-order valence-corrected chi connectivity index (χ1v) is 7.11. The first kappa shape index (κ1) is 13.8. The highest BCUT2D eigenvalue weighted by Gasteiger charge is 2.47. The van der Waals surface area contributed by atoms with Gasteiger partial charge in [-0.05, 0) is 29.8 Å². The van der Waals surface area contributed by atoms with Crippen molar-refractivity contribution in [3.05, 3.63) is 82.0 Å². The number of fused-ring (bicyclic) bond motifs is 1. The van der Waals surface area contributed by atoms with Crippen LogP contribution in [-0.4, -0.2) is 11.9 Å². The summed E-state index contributed by atoms with van der Waals surface area (Å²) in [4.78, 5) is 24.5. The fourth-order valence-electron chi connectivity index (χ4n) is 2.60. The van der Waals surface area contributed by atoms with Gasteiger partial charge in [0.1, 0.15) is 23.1 Å². The van der Waals surface area contributed by atoms with E-state index in [0.29, 0.717) is 16.5 Å². The first-order valence-electron chi connectivity index (χ1n) is 7.11. The predicted octanol–water partition coefficient (Wildman–Crippen LogP) is 3.25. The van der Waals surface area contributed by atoms with Crippen molar-refractivity contribution < 1.29 is 18.3 Å². The molecule has 0 saturated carbocycles. The number of para-hydroxylation sites is 1. The van der Waals surface area contributed by atoms with Crippen molar-refractivity contribution in [2.45, 2.75) is 12.2 Å². The number of Topliss-reactive ketones (excluding diaryl/α,β-unsaturated/α-hetero) is 1. The standard InChI is InChI=1S/C18H11FO4/c19-12-7-5-10(6-8-12)16-17(23-16)15(20)13-9-11-3-1-2-4-14(11)22-18(13)21/h1-9,16-17H/t16-,17-/m1/s1. The fourth-order valence-corrected chi connectivity index (χ4v) is 2.60. The lowest BCUT2D eigenvalue weighted by Crippen LogP contribution is -2.18. The summed E-state index contributed by atoms with van der Waals surface area (Å²) in [6.07, 6.45) is -1.18. The van der Waals surface area contributed by atoms with E-state index in [9.17, 15) is 14.0 Å². The van der Waals surface area contributed by atoms with Crippen LogP contribution in [0.15, 0.2) is 63.8 Å². The molecule has 4 nitrogen and oxygen atoms in total. The third kappa shape index (κ3) is 2.45. The Bertz CT molecular complexity index is 959. The van der Waals surface area contributed by atoms with Gasteiger partial charge in [0.05, 0.1) is 0 Å². The van der Waals surface area contributed by atoms with E-state index in [4.69, 9.17) is 9.15 Å². The summed E-state index contributed by atoms with van der Waals surface area (Å²) in [7, 11) is 0. The van der Waals surface area contributed by atoms with Crippen LogP contribution in [0.3, 0.4) is 0 Å². The molecule has 1 aromatic heterocycles. The van der Waals surface area contributed by atoms with E-state index < -0.39 is 23.6 Å². The smallest absolute Gasteiger partial charge is 0.347 e. The Morgan fingerprint density at radius 3 is 2.57 bits per heavy atom. The zero-order valence-corrected chi connectivity index (χ0v) is 11.9. The van der Waals surface area contributed by atoms with Crippen LogP contribution in [0.1, 0.15) is 22.0 Å². The van der Waals surface area contributed by atoms with E-state index in [2.05, 4.69) is 0 Å². The molecule has 1 aliphatic rings. The molecule has 0 aliphatic carbocycles. The molecule has 0 bridgehead atoms. The van der Waals surface area contributed by atoms with Crippen molar-refractivity contribution in [1.29, 1.82) is 0 Å².